The van der Waals surface area contributed by atoms with Gasteiger partial charge >= 0.3 is 0 Å². The molecular weight excluding hydrogens is 112 g/mol. The van der Waals surface area contributed by atoms with Crippen molar-refractivity contribution in [1.29, 1.82) is 0 Å². The van der Waals surface area contributed by atoms with Crippen LogP contribution in [0.5, 0.6) is 0 Å². The maximum Gasteiger partial charge on any atom is 0.129 e. The van der Waals surface area contributed by atoms with Crippen LogP contribution in [0.15, 0.2) is 0 Å². The zero-order chi connectivity index (χ0) is 7.86. The summed E-state index contributed by atoms with van der Waals surface area (Å²) in [6.45, 7) is 9.93. The first-order chi connectivity index (χ1) is 4.00. The Kier molecular flexibility index (Phi) is 9.77. The number of ketones is 1. The lowest BCUT2D eigenvalue weighted by Crippen LogP contribution is -1.80. The molecule has 0 radical (unpaired) electrons. The quantitative estimate of drug-likeness (QED) is 0.533. The third-order valence-corrected chi connectivity index (χ3v) is 0.498. The topological polar surface area (TPSA) is 17.1 Å². The predicted molar refractivity (Wildman–Crippen MR) is 41.5 cm³/mol. The molecule has 0 amide bonds. The van der Waals surface area contributed by atoms with E-state index in [0.29, 0.717) is 6.42 Å². The van der Waals surface area contributed by atoms with Crippen LogP contribution < -0.4 is 0 Å². The molecule has 0 atom stereocenters. The summed E-state index contributed by atoms with van der Waals surface area (Å²) in [7, 11) is 0. The van der Waals surface area contributed by atoms with Crippen LogP contribution in [0.2, 0.25) is 0 Å². The maximum absolute atomic E-state index is 9.81. The van der Waals surface area contributed by atoms with Crippen LogP contribution in [0.1, 0.15) is 41.0 Å². The van der Waals surface area contributed by atoms with Crippen molar-refractivity contribution in [3.8, 4) is 0 Å². The van der Waals surface area contributed by atoms with Gasteiger partial charge in [0, 0.05) is 6.42 Å². The summed E-state index contributed by atoms with van der Waals surface area (Å²) in [5, 5.41) is 0. The van der Waals surface area contributed by atoms with Gasteiger partial charge in [0.25, 0.3) is 0 Å². The van der Waals surface area contributed by atoms with Gasteiger partial charge in [0.05, 0.1) is 0 Å². The van der Waals surface area contributed by atoms with Gasteiger partial charge in [0.1, 0.15) is 5.78 Å². The number of hydrogen-bond donors (Lipinski definition) is 0. The van der Waals surface area contributed by atoms with Crippen LogP contribution in [0.4, 0.5) is 0 Å². The summed E-state index contributed by atoms with van der Waals surface area (Å²) in [6, 6.07) is 0. The van der Waals surface area contributed by atoms with Gasteiger partial charge in [-0.2, -0.15) is 0 Å². The van der Waals surface area contributed by atoms with Gasteiger partial charge in [0.15, 0.2) is 0 Å². The van der Waals surface area contributed by atoms with Crippen LogP contribution in [0.25, 0.3) is 0 Å². The van der Waals surface area contributed by atoms with Crippen LogP contribution in [0, 0.1) is 5.92 Å². The van der Waals surface area contributed by atoms with E-state index in [2.05, 4.69) is 20.8 Å². The highest BCUT2D eigenvalue weighted by atomic mass is 16.1. The fraction of sp³-hybridized carbons (Fsp3) is 0.875. The Morgan fingerprint density at radius 1 is 1.33 bits per heavy atom. The molecule has 0 aromatic carbocycles. The molecule has 0 N–H and O–H groups in total. The van der Waals surface area contributed by atoms with Crippen molar-refractivity contribution in [2.45, 2.75) is 41.0 Å². The lowest BCUT2D eigenvalue weighted by Gasteiger charge is -1.79. The second kappa shape index (κ2) is 7.67. The Balaban J connectivity index is 0. The largest absolute Gasteiger partial charge is 0.300 e. The molecule has 0 aliphatic rings. The lowest BCUT2D eigenvalue weighted by molar-refractivity contribution is -0.116. The fourth-order valence-electron chi connectivity index (χ4n) is 0. The molecule has 1 heteroatoms. The molecule has 0 spiro atoms. The zero-order valence-electron chi connectivity index (χ0n) is 7.19. The van der Waals surface area contributed by atoms with Crippen LogP contribution in [-0.4, -0.2) is 5.78 Å². The lowest BCUT2D eigenvalue weighted by atomic mass is 10.3. The van der Waals surface area contributed by atoms with Crippen molar-refractivity contribution in [2.75, 3.05) is 0 Å². The first-order valence-corrected chi connectivity index (χ1v) is 3.50. The van der Waals surface area contributed by atoms with E-state index in [1.165, 1.54) is 0 Å². The van der Waals surface area contributed by atoms with Crippen molar-refractivity contribution in [2.24, 2.45) is 5.92 Å². The van der Waals surface area contributed by atoms with Crippen molar-refractivity contribution >= 4 is 5.78 Å². The first-order valence-electron chi connectivity index (χ1n) is 3.50. The molecular formula is C8H18O. The summed E-state index contributed by atoms with van der Waals surface area (Å²) in [5.74, 6) is 1.09. The average Bonchev–Trinajstić information content (AvgIpc) is 1.65. The van der Waals surface area contributed by atoms with E-state index in [0.717, 1.165) is 5.92 Å². The molecule has 0 fully saturated rings. The summed E-state index contributed by atoms with van der Waals surface area (Å²) in [5.41, 5.74) is 0. The minimum atomic E-state index is 0.255. The van der Waals surface area contributed by atoms with Crippen LogP contribution >= 0.6 is 0 Å². The van der Waals surface area contributed by atoms with E-state index < -0.39 is 0 Å². The van der Waals surface area contributed by atoms with E-state index in [4.69, 9.17) is 0 Å². The normalized spacial score (nSPS) is 8.22. The van der Waals surface area contributed by atoms with E-state index in [-0.39, 0.29) is 5.78 Å². The SMILES string of the molecule is CC(C)C.CCC(C)=O. The number of rotatable bonds is 1. The molecule has 0 aliphatic heterocycles. The molecule has 0 rings (SSSR count). The Bertz CT molecular complexity index is 62.2. The molecule has 0 aromatic heterocycles. The molecule has 0 aromatic rings. The minimum absolute atomic E-state index is 0.255. The average molecular weight is 130 g/mol. The van der Waals surface area contributed by atoms with Gasteiger partial charge in [-0.3, -0.25) is 0 Å². The number of hydrogen-bond acceptors (Lipinski definition) is 1. The van der Waals surface area contributed by atoms with E-state index in [9.17, 15) is 4.79 Å². The van der Waals surface area contributed by atoms with E-state index in [1.54, 1.807) is 6.92 Å². The molecule has 0 saturated carbocycles. The zero-order valence-corrected chi connectivity index (χ0v) is 7.19. The predicted octanol–water partition coefficient (Wildman–Crippen LogP) is 2.65. The van der Waals surface area contributed by atoms with E-state index >= 15 is 0 Å². The Morgan fingerprint density at radius 3 is 1.44 bits per heavy atom. The summed E-state index contributed by atoms with van der Waals surface area (Å²) < 4.78 is 0. The fourth-order valence-corrected chi connectivity index (χ4v) is 0. The number of carbonyl (C=O) groups is 1. The molecule has 0 bridgehead atoms. The molecule has 56 valence electrons. The smallest absolute Gasteiger partial charge is 0.129 e. The summed E-state index contributed by atoms with van der Waals surface area (Å²) >= 11 is 0. The Hall–Kier alpha value is -0.330. The molecule has 0 unspecified atom stereocenters. The first kappa shape index (κ1) is 11.5. The molecule has 0 heterocycles. The van der Waals surface area contributed by atoms with Gasteiger partial charge in [0.2, 0.25) is 0 Å². The van der Waals surface area contributed by atoms with Crippen molar-refractivity contribution in [3.05, 3.63) is 0 Å². The second-order valence-electron chi connectivity index (χ2n) is 2.79. The van der Waals surface area contributed by atoms with Gasteiger partial charge < -0.3 is 4.79 Å². The molecule has 1 nitrogen and oxygen atoms in total. The van der Waals surface area contributed by atoms with Crippen molar-refractivity contribution < 1.29 is 4.79 Å². The Morgan fingerprint density at radius 2 is 1.44 bits per heavy atom. The number of Topliss-reactive ketones (excluding diaryl/α,β-unsaturated/α-hetero) is 1. The summed E-state index contributed by atoms with van der Waals surface area (Å²) in [6.07, 6.45) is 0.667. The molecule has 0 aliphatic carbocycles. The third-order valence-electron chi connectivity index (χ3n) is 0.498. The van der Waals surface area contributed by atoms with Gasteiger partial charge in [-0.25, -0.2) is 0 Å². The standard InChI is InChI=1S/C4H8O.C4H10/c1-3-4(2)5;1-4(2)3/h3H2,1-2H3;4H,1-3H3. The van der Waals surface area contributed by atoms with Crippen molar-refractivity contribution in [1.82, 2.24) is 0 Å². The van der Waals surface area contributed by atoms with Gasteiger partial charge in [-0.05, 0) is 12.8 Å². The maximum atomic E-state index is 9.81. The summed E-state index contributed by atoms with van der Waals surface area (Å²) in [4.78, 5) is 9.81. The van der Waals surface area contributed by atoms with Gasteiger partial charge in [-0.1, -0.05) is 27.7 Å². The number of carbonyl (C=O) groups excluding carboxylic acids is 1. The van der Waals surface area contributed by atoms with Crippen LogP contribution in [0.3, 0.4) is 0 Å². The van der Waals surface area contributed by atoms with Gasteiger partial charge in [-0.15, -0.1) is 0 Å². The monoisotopic (exact) mass is 130 g/mol. The second-order valence-corrected chi connectivity index (χ2v) is 2.79. The third kappa shape index (κ3) is 88.4. The highest BCUT2D eigenvalue weighted by Crippen LogP contribution is 1.81. The molecule has 9 heavy (non-hydrogen) atoms. The van der Waals surface area contributed by atoms with Crippen molar-refractivity contribution in [3.63, 3.8) is 0 Å². The van der Waals surface area contributed by atoms with E-state index in [1.807, 2.05) is 6.92 Å². The van der Waals surface area contributed by atoms with Crippen LogP contribution in [-0.2, 0) is 4.79 Å². The Labute approximate surface area is 58.5 Å². The minimum Gasteiger partial charge on any atom is -0.300 e. The highest BCUT2D eigenvalue weighted by molar-refractivity contribution is 5.74. The highest BCUT2D eigenvalue weighted by Gasteiger charge is 1.76. The molecule has 0 saturated heterocycles.